The number of rotatable bonds is 8. The van der Waals surface area contributed by atoms with Crippen LogP contribution in [0.15, 0.2) is 48.5 Å². The van der Waals surface area contributed by atoms with Gasteiger partial charge in [0.1, 0.15) is 17.8 Å². The summed E-state index contributed by atoms with van der Waals surface area (Å²) in [7, 11) is 1.52. The quantitative estimate of drug-likeness (QED) is 0.482. The lowest BCUT2D eigenvalue weighted by Gasteiger charge is -2.22. The first-order chi connectivity index (χ1) is 15.3. The van der Waals surface area contributed by atoms with Crippen molar-refractivity contribution in [1.82, 2.24) is 10.2 Å². The van der Waals surface area contributed by atoms with E-state index in [2.05, 4.69) is 10.6 Å². The van der Waals surface area contributed by atoms with Gasteiger partial charge in [0, 0.05) is 5.69 Å². The van der Waals surface area contributed by atoms with Crippen LogP contribution in [0.1, 0.15) is 25.0 Å². The molecule has 2 N–H and O–H groups in total. The number of nitrogens with zero attached hydrogens (tertiary/aromatic N) is 1. The molecule has 4 amide bonds. The molecule has 9 heteroatoms. The van der Waals surface area contributed by atoms with E-state index in [0.29, 0.717) is 17.0 Å². The number of aryl methyl sites for hydroxylation is 1. The van der Waals surface area contributed by atoms with Gasteiger partial charge in [0.15, 0.2) is 6.61 Å². The number of hydrogen-bond donors (Lipinski definition) is 2. The number of anilines is 1. The summed E-state index contributed by atoms with van der Waals surface area (Å²) in [4.78, 5) is 50.2. The standard InChI is InChI=1S/C23H25N3O6/c1-4-15-5-9-17(10-6-15)24-19(27)14-32-20(28)13-26-21(29)23(2,25-22(26)30)16-7-11-18(31-3)12-8-16/h5-12H,4,13-14H2,1-3H3,(H,24,27)(H,25,30)/t23-/m0/s1. The summed E-state index contributed by atoms with van der Waals surface area (Å²) >= 11 is 0. The minimum atomic E-state index is -1.33. The molecule has 1 saturated heterocycles. The van der Waals surface area contributed by atoms with Crippen molar-refractivity contribution in [3.8, 4) is 5.75 Å². The molecule has 3 rings (SSSR count). The molecular formula is C23H25N3O6. The van der Waals surface area contributed by atoms with Gasteiger partial charge in [0.25, 0.3) is 11.8 Å². The summed E-state index contributed by atoms with van der Waals surface area (Å²) in [5, 5.41) is 5.22. The fraction of sp³-hybridized carbons (Fsp3) is 0.304. The van der Waals surface area contributed by atoms with Crippen molar-refractivity contribution < 1.29 is 28.7 Å². The molecule has 2 aromatic rings. The summed E-state index contributed by atoms with van der Waals surface area (Å²) in [6.07, 6.45) is 0.881. The summed E-state index contributed by atoms with van der Waals surface area (Å²) in [6, 6.07) is 13.2. The van der Waals surface area contributed by atoms with E-state index in [0.717, 1.165) is 16.9 Å². The second kappa shape index (κ2) is 9.51. The predicted molar refractivity (Wildman–Crippen MR) is 116 cm³/mol. The van der Waals surface area contributed by atoms with E-state index in [-0.39, 0.29) is 0 Å². The zero-order valence-corrected chi connectivity index (χ0v) is 18.1. The van der Waals surface area contributed by atoms with Crippen molar-refractivity contribution in [2.24, 2.45) is 0 Å². The number of ether oxygens (including phenoxy) is 2. The van der Waals surface area contributed by atoms with E-state index in [4.69, 9.17) is 9.47 Å². The van der Waals surface area contributed by atoms with E-state index in [1.54, 1.807) is 43.3 Å². The lowest BCUT2D eigenvalue weighted by atomic mass is 9.92. The number of amides is 4. The Balaban J connectivity index is 1.55. The zero-order valence-electron chi connectivity index (χ0n) is 18.1. The summed E-state index contributed by atoms with van der Waals surface area (Å²) in [5.74, 6) is -1.38. The maximum absolute atomic E-state index is 12.9. The average molecular weight is 439 g/mol. The first-order valence-electron chi connectivity index (χ1n) is 10.1. The molecule has 0 aliphatic carbocycles. The Morgan fingerprint density at radius 3 is 2.31 bits per heavy atom. The first kappa shape index (κ1) is 22.8. The topological polar surface area (TPSA) is 114 Å². The number of urea groups is 1. The Morgan fingerprint density at radius 1 is 1.06 bits per heavy atom. The molecule has 1 fully saturated rings. The first-order valence-corrected chi connectivity index (χ1v) is 10.1. The van der Waals surface area contributed by atoms with Crippen LogP contribution in [-0.4, -0.2) is 49.0 Å². The van der Waals surface area contributed by atoms with Gasteiger partial charge < -0.3 is 20.1 Å². The number of imide groups is 1. The van der Waals surface area contributed by atoms with Gasteiger partial charge in [-0.15, -0.1) is 0 Å². The summed E-state index contributed by atoms with van der Waals surface area (Å²) < 4.78 is 10.0. The van der Waals surface area contributed by atoms with Crippen LogP contribution >= 0.6 is 0 Å². The predicted octanol–water partition coefficient (Wildman–Crippen LogP) is 2.21. The van der Waals surface area contributed by atoms with Gasteiger partial charge in [0.05, 0.1) is 7.11 Å². The largest absolute Gasteiger partial charge is 0.497 e. The van der Waals surface area contributed by atoms with Gasteiger partial charge in [0.2, 0.25) is 0 Å². The van der Waals surface area contributed by atoms with Crippen LogP contribution in [0.4, 0.5) is 10.5 Å². The van der Waals surface area contributed by atoms with Gasteiger partial charge in [-0.05, 0) is 48.7 Å². The molecule has 1 aliphatic rings. The molecule has 2 aromatic carbocycles. The fourth-order valence-corrected chi connectivity index (χ4v) is 3.30. The SMILES string of the molecule is CCc1ccc(NC(=O)COC(=O)CN2C(=O)N[C@@](C)(c3ccc(OC)cc3)C2=O)cc1. The molecule has 0 spiro atoms. The number of carbonyl (C=O) groups is 4. The van der Waals surface area contributed by atoms with Gasteiger partial charge >= 0.3 is 12.0 Å². The Bertz CT molecular complexity index is 1020. The third-order valence-corrected chi connectivity index (χ3v) is 5.24. The van der Waals surface area contributed by atoms with Crippen LogP contribution in [0.5, 0.6) is 5.75 Å². The fourth-order valence-electron chi connectivity index (χ4n) is 3.30. The number of methoxy groups -OCH3 is 1. The molecule has 0 aromatic heterocycles. The Labute approximate surface area is 185 Å². The van der Waals surface area contributed by atoms with E-state index < -0.39 is 42.5 Å². The zero-order chi connectivity index (χ0) is 23.3. The van der Waals surface area contributed by atoms with E-state index >= 15 is 0 Å². The normalized spacial score (nSPS) is 17.7. The molecule has 0 radical (unpaired) electrons. The maximum Gasteiger partial charge on any atom is 0.326 e. The molecule has 0 bridgehead atoms. The molecule has 0 saturated carbocycles. The Morgan fingerprint density at radius 2 is 1.72 bits per heavy atom. The van der Waals surface area contributed by atoms with E-state index in [1.807, 2.05) is 19.1 Å². The monoisotopic (exact) mass is 439 g/mol. The second-order valence-electron chi connectivity index (χ2n) is 7.43. The molecule has 9 nitrogen and oxygen atoms in total. The van der Waals surface area contributed by atoms with E-state index in [9.17, 15) is 19.2 Å². The number of hydrogen-bond acceptors (Lipinski definition) is 6. The molecule has 1 aliphatic heterocycles. The highest BCUT2D eigenvalue weighted by atomic mass is 16.5. The van der Waals surface area contributed by atoms with Gasteiger partial charge in [-0.2, -0.15) is 0 Å². The molecule has 168 valence electrons. The smallest absolute Gasteiger partial charge is 0.326 e. The van der Waals surface area contributed by atoms with Crippen molar-refractivity contribution in [3.05, 3.63) is 59.7 Å². The molecular weight excluding hydrogens is 414 g/mol. The van der Waals surface area contributed by atoms with E-state index in [1.165, 1.54) is 7.11 Å². The number of carbonyl (C=O) groups excluding carboxylic acids is 4. The highest BCUT2D eigenvalue weighted by Gasteiger charge is 2.49. The third kappa shape index (κ3) is 4.88. The maximum atomic E-state index is 12.9. The average Bonchev–Trinajstić information content (AvgIpc) is 3.02. The third-order valence-electron chi connectivity index (χ3n) is 5.24. The van der Waals surface area contributed by atoms with Crippen molar-refractivity contribution >= 4 is 29.5 Å². The van der Waals surface area contributed by atoms with Crippen molar-refractivity contribution in [2.45, 2.75) is 25.8 Å². The molecule has 0 unspecified atom stereocenters. The summed E-state index contributed by atoms with van der Waals surface area (Å²) in [6.45, 7) is 2.44. The van der Waals surface area contributed by atoms with Crippen LogP contribution in [0.2, 0.25) is 0 Å². The molecule has 32 heavy (non-hydrogen) atoms. The van der Waals surface area contributed by atoms with Crippen LogP contribution in [-0.2, 0) is 31.1 Å². The summed E-state index contributed by atoms with van der Waals surface area (Å²) in [5.41, 5.74) is 0.921. The Kier molecular flexibility index (Phi) is 6.77. The highest BCUT2D eigenvalue weighted by molar-refractivity contribution is 6.09. The molecule has 1 atom stereocenters. The van der Waals surface area contributed by atoms with Crippen LogP contribution in [0.25, 0.3) is 0 Å². The van der Waals surface area contributed by atoms with Crippen LogP contribution < -0.4 is 15.4 Å². The number of benzene rings is 2. The second-order valence-corrected chi connectivity index (χ2v) is 7.43. The lowest BCUT2D eigenvalue weighted by molar-refractivity contribution is -0.150. The minimum absolute atomic E-state index is 0.525. The van der Waals surface area contributed by atoms with Gasteiger partial charge in [-0.1, -0.05) is 31.2 Å². The van der Waals surface area contributed by atoms with Gasteiger partial charge in [-0.25, -0.2) is 4.79 Å². The molecule has 1 heterocycles. The minimum Gasteiger partial charge on any atom is -0.497 e. The Hall–Kier alpha value is -3.88. The lowest BCUT2D eigenvalue weighted by Crippen LogP contribution is -2.41. The number of nitrogens with one attached hydrogen (secondary N) is 2. The highest BCUT2D eigenvalue weighted by Crippen LogP contribution is 2.29. The van der Waals surface area contributed by atoms with Crippen molar-refractivity contribution in [1.29, 1.82) is 0 Å². The van der Waals surface area contributed by atoms with Crippen LogP contribution in [0.3, 0.4) is 0 Å². The van der Waals surface area contributed by atoms with Gasteiger partial charge in [-0.3, -0.25) is 19.3 Å². The number of esters is 1. The van der Waals surface area contributed by atoms with Crippen molar-refractivity contribution in [3.63, 3.8) is 0 Å². The van der Waals surface area contributed by atoms with Crippen LogP contribution in [0, 0.1) is 0 Å². The van der Waals surface area contributed by atoms with Crippen molar-refractivity contribution in [2.75, 3.05) is 25.6 Å².